The molecule has 1 N–H and O–H groups in total. The summed E-state index contributed by atoms with van der Waals surface area (Å²) >= 11 is 9.23. The maximum Gasteiger partial charge on any atom is 0.128 e. The quantitative estimate of drug-likeness (QED) is 0.468. The minimum Gasteiger partial charge on any atom is -0.306 e. The van der Waals surface area contributed by atoms with Gasteiger partial charge in [0.25, 0.3) is 0 Å². The molecule has 112 valence electrons. The highest BCUT2D eigenvalue weighted by Crippen LogP contribution is 2.31. The Balaban J connectivity index is 2.52. The van der Waals surface area contributed by atoms with Crippen molar-refractivity contribution in [3.05, 3.63) is 65.9 Å². The van der Waals surface area contributed by atoms with Crippen molar-refractivity contribution in [1.29, 1.82) is 0 Å². The summed E-state index contributed by atoms with van der Waals surface area (Å²) in [7, 11) is 0. The van der Waals surface area contributed by atoms with Crippen LogP contribution in [0.5, 0.6) is 0 Å². The van der Waals surface area contributed by atoms with Crippen molar-refractivity contribution in [2.75, 3.05) is 6.54 Å². The molecule has 2 aromatic carbocycles. The normalized spacial score (nSPS) is 12.4. The van der Waals surface area contributed by atoms with Crippen molar-refractivity contribution in [3.8, 4) is 0 Å². The minimum atomic E-state index is -0.192. The fourth-order valence-corrected chi connectivity index (χ4v) is 3.55. The molecule has 0 aliphatic rings. The lowest BCUT2D eigenvalue weighted by molar-refractivity contribution is 0.545. The molecule has 2 aromatic rings. The van der Waals surface area contributed by atoms with E-state index in [1.807, 2.05) is 18.2 Å². The van der Waals surface area contributed by atoms with Gasteiger partial charge in [0.05, 0.1) is 6.04 Å². The number of hydrogen-bond donors (Lipinski definition) is 1. The van der Waals surface area contributed by atoms with Gasteiger partial charge in [-0.1, -0.05) is 38.8 Å². The molecule has 0 aliphatic heterocycles. The van der Waals surface area contributed by atoms with Gasteiger partial charge in [-0.3, -0.25) is 0 Å². The monoisotopic (exact) mass is 525 g/mol. The fraction of sp³-hybridized carbons (Fsp3) is 0.250. The molecule has 0 amide bonds. The number of halogens is 4. The predicted octanol–water partition coefficient (Wildman–Crippen LogP) is 6.04. The predicted molar refractivity (Wildman–Crippen MR) is 101 cm³/mol. The Morgan fingerprint density at radius 1 is 1.10 bits per heavy atom. The van der Waals surface area contributed by atoms with Crippen LogP contribution in [-0.2, 0) is 0 Å². The van der Waals surface area contributed by atoms with Crippen molar-refractivity contribution < 1.29 is 4.39 Å². The molecule has 21 heavy (non-hydrogen) atoms. The third kappa shape index (κ3) is 4.50. The second-order valence-electron chi connectivity index (χ2n) is 4.72. The first-order valence-electron chi connectivity index (χ1n) is 6.66. The second-order valence-corrected chi connectivity index (χ2v) is 7.71. The lowest BCUT2D eigenvalue weighted by atomic mass is 9.98. The van der Waals surface area contributed by atoms with Gasteiger partial charge in [-0.2, -0.15) is 0 Å². The van der Waals surface area contributed by atoms with Crippen LogP contribution in [0.2, 0.25) is 0 Å². The van der Waals surface area contributed by atoms with Crippen LogP contribution in [-0.4, -0.2) is 6.54 Å². The van der Waals surface area contributed by atoms with E-state index in [1.165, 1.54) is 6.07 Å². The van der Waals surface area contributed by atoms with Gasteiger partial charge in [-0.05, 0) is 77.5 Å². The highest BCUT2D eigenvalue weighted by atomic mass is 127. The van der Waals surface area contributed by atoms with Crippen LogP contribution in [0.25, 0.3) is 0 Å². The molecule has 2 rings (SSSR count). The highest BCUT2D eigenvalue weighted by Gasteiger charge is 2.20. The number of benzene rings is 2. The lowest BCUT2D eigenvalue weighted by Crippen LogP contribution is -2.25. The van der Waals surface area contributed by atoms with Crippen LogP contribution in [0.3, 0.4) is 0 Å². The van der Waals surface area contributed by atoms with Crippen LogP contribution in [0.15, 0.2) is 45.3 Å². The lowest BCUT2D eigenvalue weighted by Gasteiger charge is -2.22. The van der Waals surface area contributed by atoms with Gasteiger partial charge in [0.1, 0.15) is 5.82 Å². The molecule has 0 heterocycles. The SMILES string of the molecule is CCCNC(c1cc(Br)ccc1F)c1cc(Br)ccc1I. The van der Waals surface area contributed by atoms with E-state index in [1.54, 1.807) is 6.07 Å². The van der Waals surface area contributed by atoms with Crippen molar-refractivity contribution in [2.45, 2.75) is 19.4 Å². The minimum absolute atomic E-state index is 0.160. The third-order valence-electron chi connectivity index (χ3n) is 3.14. The van der Waals surface area contributed by atoms with Crippen LogP contribution in [0, 0.1) is 9.39 Å². The Morgan fingerprint density at radius 3 is 2.38 bits per heavy atom. The Labute approximate surface area is 155 Å². The average Bonchev–Trinajstić information content (AvgIpc) is 2.46. The summed E-state index contributed by atoms with van der Waals surface area (Å²) in [5.41, 5.74) is 1.74. The Kier molecular flexibility index (Phi) is 6.65. The van der Waals surface area contributed by atoms with Crippen LogP contribution >= 0.6 is 54.5 Å². The first-order valence-corrected chi connectivity index (χ1v) is 9.32. The fourth-order valence-electron chi connectivity index (χ4n) is 2.15. The summed E-state index contributed by atoms with van der Waals surface area (Å²) < 4.78 is 17.3. The van der Waals surface area contributed by atoms with E-state index in [4.69, 9.17) is 0 Å². The Hall–Kier alpha value is 0.0200. The van der Waals surface area contributed by atoms with E-state index in [2.05, 4.69) is 72.8 Å². The molecule has 5 heteroatoms. The Morgan fingerprint density at radius 2 is 1.71 bits per heavy atom. The smallest absolute Gasteiger partial charge is 0.128 e. The van der Waals surface area contributed by atoms with E-state index in [9.17, 15) is 4.39 Å². The molecular weight excluding hydrogens is 512 g/mol. The first-order chi connectivity index (χ1) is 10.0. The van der Waals surface area contributed by atoms with E-state index in [0.717, 1.165) is 31.0 Å². The van der Waals surface area contributed by atoms with Gasteiger partial charge in [0, 0.05) is 18.1 Å². The summed E-state index contributed by atoms with van der Waals surface area (Å²) in [5.74, 6) is -0.192. The zero-order chi connectivity index (χ0) is 15.4. The van der Waals surface area contributed by atoms with E-state index >= 15 is 0 Å². The molecule has 0 spiro atoms. The van der Waals surface area contributed by atoms with Gasteiger partial charge in [-0.25, -0.2) is 4.39 Å². The highest BCUT2D eigenvalue weighted by molar-refractivity contribution is 14.1. The Bertz CT molecular complexity index is 582. The molecule has 0 aromatic heterocycles. The van der Waals surface area contributed by atoms with E-state index in [-0.39, 0.29) is 11.9 Å². The van der Waals surface area contributed by atoms with Crippen molar-refractivity contribution in [2.24, 2.45) is 0 Å². The van der Waals surface area contributed by atoms with Crippen molar-refractivity contribution in [3.63, 3.8) is 0 Å². The van der Waals surface area contributed by atoms with Crippen molar-refractivity contribution >= 4 is 54.5 Å². The molecule has 1 atom stereocenters. The maximum atomic E-state index is 14.3. The zero-order valence-corrected chi connectivity index (χ0v) is 16.8. The number of nitrogens with one attached hydrogen (secondary N) is 1. The van der Waals surface area contributed by atoms with Crippen molar-refractivity contribution in [1.82, 2.24) is 5.32 Å². The summed E-state index contributed by atoms with van der Waals surface area (Å²) in [6, 6.07) is 11.0. The number of hydrogen-bond acceptors (Lipinski definition) is 1. The largest absolute Gasteiger partial charge is 0.306 e. The summed E-state index contributed by atoms with van der Waals surface area (Å²) in [6.07, 6.45) is 0.997. The molecule has 0 saturated carbocycles. The van der Waals surface area contributed by atoms with Gasteiger partial charge < -0.3 is 5.32 Å². The first kappa shape index (κ1) is 17.4. The van der Waals surface area contributed by atoms with E-state index in [0.29, 0.717) is 5.56 Å². The van der Waals surface area contributed by atoms with Gasteiger partial charge >= 0.3 is 0 Å². The molecule has 0 bridgehead atoms. The van der Waals surface area contributed by atoms with Gasteiger partial charge in [-0.15, -0.1) is 0 Å². The second kappa shape index (κ2) is 8.04. The zero-order valence-electron chi connectivity index (χ0n) is 11.5. The molecule has 0 saturated heterocycles. The number of rotatable bonds is 5. The summed E-state index contributed by atoms with van der Waals surface area (Å²) in [4.78, 5) is 0. The third-order valence-corrected chi connectivity index (χ3v) is 5.11. The molecular formula is C16H15Br2FIN. The standard InChI is InChI=1S/C16H15Br2FIN/c1-2-7-21-16(12-8-10(17)3-5-14(12)19)13-9-11(18)4-6-15(13)20/h3-6,8-9,16,21H,2,7H2,1H3. The molecule has 1 nitrogen and oxygen atoms in total. The topological polar surface area (TPSA) is 12.0 Å². The molecule has 0 fully saturated rings. The van der Waals surface area contributed by atoms with Crippen LogP contribution < -0.4 is 5.32 Å². The van der Waals surface area contributed by atoms with Gasteiger partial charge in [0.2, 0.25) is 0 Å². The molecule has 0 radical (unpaired) electrons. The molecule has 1 unspecified atom stereocenters. The van der Waals surface area contributed by atoms with Crippen LogP contribution in [0.1, 0.15) is 30.5 Å². The summed E-state index contributed by atoms with van der Waals surface area (Å²) in [5, 5.41) is 3.45. The maximum absolute atomic E-state index is 14.3. The molecule has 0 aliphatic carbocycles. The van der Waals surface area contributed by atoms with E-state index < -0.39 is 0 Å². The average molecular weight is 527 g/mol. The van der Waals surface area contributed by atoms with Crippen LogP contribution in [0.4, 0.5) is 4.39 Å². The summed E-state index contributed by atoms with van der Waals surface area (Å²) in [6.45, 7) is 2.94. The van der Waals surface area contributed by atoms with Gasteiger partial charge in [0.15, 0.2) is 0 Å².